The Kier molecular flexibility index (Phi) is 3.48. The number of ether oxygens (including phenoxy) is 2. The third-order valence-corrected chi connectivity index (χ3v) is 2.22. The average molecular weight is 225 g/mol. The van der Waals surface area contributed by atoms with Crippen molar-refractivity contribution < 1.29 is 18.7 Å². The van der Waals surface area contributed by atoms with Gasteiger partial charge in [-0.1, -0.05) is 0 Å². The summed E-state index contributed by atoms with van der Waals surface area (Å²) in [5, 5.41) is 2.63. The van der Waals surface area contributed by atoms with E-state index in [2.05, 4.69) is 5.32 Å². The van der Waals surface area contributed by atoms with E-state index in [1.54, 1.807) is 0 Å². The fraction of sp³-hybridized carbons (Fsp3) is 0.364. The molecule has 0 radical (unpaired) electrons. The lowest BCUT2D eigenvalue weighted by atomic mass is 10.2. The number of carbonyl (C=O) groups excluding carboxylic acids is 1. The molecule has 0 aromatic heterocycles. The normalized spacial score (nSPS) is 20.4. The lowest BCUT2D eigenvalue weighted by molar-refractivity contribution is -0.142. The zero-order valence-electron chi connectivity index (χ0n) is 8.61. The lowest BCUT2D eigenvalue weighted by Crippen LogP contribution is -2.39. The van der Waals surface area contributed by atoms with Gasteiger partial charge in [-0.25, -0.2) is 4.39 Å². The van der Waals surface area contributed by atoms with Gasteiger partial charge in [-0.05, 0) is 24.3 Å². The van der Waals surface area contributed by atoms with Gasteiger partial charge in [0.1, 0.15) is 5.82 Å². The first kappa shape index (κ1) is 11.0. The van der Waals surface area contributed by atoms with E-state index in [0.717, 1.165) is 0 Å². The van der Waals surface area contributed by atoms with Crippen molar-refractivity contribution in [1.82, 2.24) is 0 Å². The first-order valence-corrected chi connectivity index (χ1v) is 5.01. The highest BCUT2D eigenvalue weighted by molar-refractivity contribution is 5.94. The van der Waals surface area contributed by atoms with Gasteiger partial charge in [0.2, 0.25) is 0 Å². The molecule has 86 valence electrons. The van der Waals surface area contributed by atoms with E-state index in [1.165, 1.54) is 24.3 Å². The van der Waals surface area contributed by atoms with Crippen molar-refractivity contribution in [2.45, 2.75) is 6.10 Å². The van der Waals surface area contributed by atoms with Gasteiger partial charge < -0.3 is 14.8 Å². The zero-order valence-corrected chi connectivity index (χ0v) is 8.61. The first-order valence-electron chi connectivity index (χ1n) is 5.01. The molecule has 16 heavy (non-hydrogen) atoms. The van der Waals surface area contributed by atoms with Gasteiger partial charge in [-0.15, -0.1) is 0 Å². The topological polar surface area (TPSA) is 47.6 Å². The molecule has 0 aliphatic carbocycles. The number of benzene rings is 1. The Labute approximate surface area is 92.4 Å². The molecule has 1 atom stereocenters. The maximum absolute atomic E-state index is 12.6. The number of halogens is 1. The maximum Gasteiger partial charge on any atom is 0.255 e. The molecule has 1 fully saturated rings. The van der Waals surface area contributed by atoms with Crippen LogP contribution in [0.15, 0.2) is 24.3 Å². The molecule has 1 aliphatic rings. The van der Waals surface area contributed by atoms with Gasteiger partial charge in [-0.2, -0.15) is 0 Å². The van der Waals surface area contributed by atoms with E-state index in [4.69, 9.17) is 9.47 Å². The summed E-state index contributed by atoms with van der Waals surface area (Å²) >= 11 is 0. The second-order valence-corrected chi connectivity index (χ2v) is 3.43. The Morgan fingerprint density at radius 1 is 1.31 bits per heavy atom. The molecule has 1 N–H and O–H groups in total. The van der Waals surface area contributed by atoms with Crippen LogP contribution in [0, 0.1) is 5.82 Å². The summed E-state index contributed by atoms with van der Waals surface area (Å²) < 4.78 is 23.0. The SMILES string of the molecule is O=C(Nc1ccc(F)cc1)C1COCCO1. The number of nitrogens with one attached hydrogen (secondary N) is 1. The Bertz CT molecular complexity index is 360. The third kappa shape index (κ3) is 2.77. The van der Waals surface area contributed by atoms with Crippen LogP contribution in [0.1, 0.15) is 0 Å². The summed E-state index contributed by atoms with van der Waals surface area (Å²) in [6.45, 7) is 1.19. The summed E-state index contributed by atoms with van der Waals surface area (Å²) in [6, 6.07) is 5.56. The Balaban J connectivity index is 1.93. The number of anilines is 1. The molecule has 1 unspecified atom stereocenters. The van der Waals surface area contributed by atoms with Gasteiger partial charge in [0.25, 0.3) is 5.91 Å². The van der Waals surface area contributed by atoms with Gasteiger partial charge in [0.15, 0.2) is 6.10 Å². The summed E-state index contributed by atoms with van der Waals surface area (Å²) in [5.74, 6) is -0.610. The van der Waals surface area contributed by atoms with E-state index < -0.39 is 6.10 Å². The second-order valence-electron chi connectivity index (χ2n) is 3.43. The molecule has 4 nitrogen and oxygen atoms in total. The minimum Gasteiger partial charge on any atom is -0.376 e. The molecule has 1 aliphatic heterocycles. The molecular weight excluding hydrogens is 213 g/mol. The van der Waals surface area contributed by atoms with Crippen molar-refractivity contribution in [3.05, 3.63) is 30.1 Å². The quantitative estimate of drug-likeness (QED) is 0.822. The molecule has 2 rings (SSSR count). The van der Waals surface area contributed by atoms with E-state index in [1.807, 2.05) is 0 Å². The number of hydrogen-bond donors (Lipinski definition) is 1. The van der Waals surface area contributed by atoms with E-state index in [9.17, 15) is 9.18 Å². The molecule has 1 amide bonds. The van der Waals surface area contributed by atoms with Crippen molar-refractivity contribution in [2.24, 2.45) is 0 Å². The predicted molar refractivity (Wildman–Crippen MR) is 55.6 cm³/mol. The summed E-state index contributed by atoms with van der Waals surface area (Å²) in [4.78, 5) is 11.6. The Morgan fingerprint density at radius 2 is 2.06 bits per heavy atom. The maximum atomic E-state index is 12.6. The van der Waals surface area contributed by atoms with Crippen LogP contribution in [0.25, 0.3) is 0 Å². The minimum absolute atomic E-state index is 0.257. The summed E-state index contributed by atoms with van der Waals surface area (Å²) in [7, 11) is 0. The van der Waals surface area contributed by atoms with E-state index in [0.29, 0.717) is 18.9 Å². The number of amides is 1. The van der Waals surface area contributed by atoms with Crippen LogP contribution in [-0.4, -0.2) is 31.8 Å². The van der Waals surface area contributed by atoms with Crippen molar-refractivity contribution >= 4 is 11.6 Å². The standard InChI is InChI=1S/C11H12FNO3/c12-8-1-3-9(4-2-8)13-11(14)10-7-15-5-6-16-10/h1-4,10H,5-7H2,(H,13,14). The highest BCUT2D eigenvalue weighted by atomic mass is 19.1. The van der Waals surface area contributed by atoms with Crippen LogP contribution in [0.4, 0.5) is 10.1 Å². The number of rotatable bonds is 2. The highest BCUT2D eigenvalue weighted by Crippen LogP contribution is 2.10. The smallest absolute Gasteiger partial charge is 0.255 e. The molecular formula is C11H12FNO3. The zero-order chi connectivity index (χ0) is 11.4. The van der Waals surface area contributed by atoms with Gasteiger partial charge in [-0.3, -0.25) is 4.79 Å². The fourth-order valence-corrected chi connectivity index (χ4v) is 1.40. The molecule has 1 saturated heterocycles. The average Bonchev–Trinajstić information content (AvgIpc) is 2.33. The largest absolute Gasteiger partial charge is 0.376 e. The van der Waals surface area contributed by atoms with E-state index in [-0.39, 0.29) is 18.3 Å². The van der Waals surface area contributed by atoms with Crippen molar-refractivity contribution in [2.75, 3.05) is 25.1 Å². The molecule has 0 spiro atoms. The number of carbonyl (C=O) groups is 1. The van der Waals surface area contributed by atoms with Crippen LogP contribution in [0.2, 0.25) is 0 Å². The molecule has 5 heteroatoms. The van der Waals surface area contributed by atoms with Crippen LogP contribution in [0.5, 0.6) is 0 Å². The molecule has 0 bridgehead atoms. The lowest BCUT2D eigenvalue weighted by Gasteiger charge is -2.21. The van der Waals surface area contributed by atoms with E-state index >= 15 is 0 Å². The second kappa shape index (κ2) is 5.05. The molecule has 1 aromatic carbocycles. The van der Waals surface area contributed by atoms with Crippen molar-refractivity contribution in [3.63, 3.8) is 0 Å². The fourth-order valence-electron chi connectivity index (χ4n) is 1.40. The molecule has 1 heterocycles. The van der Waals surface area contributed by atoms with Crippen LogP contribution < -0.4 is 5.32 Å². The minimum atomic E-state index is -0.584. The monoisotopic (exact) mass is 225 g/mol. The van der Waals surface area contributed by atoms with Gasteiger partial charge in [0.05, 0.1) is 19.8 Å². The van der Waals surface area contributed by atoms with Crippen molar-refractivity contribution in [3.8, 4) is 0 Å². The van der Waals surface area contributed by atoms with Crippen LogP contribution >= 0.6 is 0 Å². The van der Waals surface area contributed by atoms with Crippen LogP contribution in [-0.2, 0) is 14.3 Å². The van der Waals surface area contributed by atoms with Gasteiger partial charge in [0, 0.05) is 5.69 Å². The summed E-state index contributed by atoms with van der Waals surface area (Å²) in [5.41, 5.74) is 0.542. The molecule has 1 aromatic rings. The molecule has 0 saturated carbocycles. The highest BCUT2D eigenvalue weighted by Gasteiger charge is 2.22. The van der Waals surface area contributed by atoms with Gasteiger partial charge >= 0.3 is 0 Å². The van der Waals surface area contributed by atoms with Crippen molar-refractivity contribution in [1.29, 1.82) is 0 Å². The van der Waals surface area contributed by atoms with Crippen LogP contribution in [0.3, 0.4) is 0 Å². The summed E-state index contributed by atoms with van der Waals surface area (Å²) in [6.07, 6.45) is -0.584. The predicted octanol–water partition coefficient (Wildman–Crippen LogP) is 1.18. The Morgan fingerprint density at radius 3 is 2.69 bits per heavy atom. The Hall–Kier alpha value is -1.46. The number of hydrogen-bond acceptors (Lipinski definition) is 3. The third-order valence-electron chi connectivity index (χ3n) is 2.22. The first-order chi connectivity index (χ1) is 7.75.